The van der Waals surface area contributed by atoms with E-state index in [-0.39, 0.29) is 28.7 Å². The minimum Gasteiger partial charge on any atom is -0.351 e. The first-order chi connectivity index (χ1) is 15.3. The fourth-order valence-electron chi connectivity index (χ4n) is 3.19. The molecule has 2 aromatic carbocycles. The van der Waals surface area contributed by atoms with Crippen LogP contribution in [0.15, 0.2) is 60.7 Å². The Morgan fingerprint density at radius 1 is 0.727 bits per heavy atom. The molecule has 0 radical (unpaired) electrons. The third kappa shape index (κ3) is 9.09. The van der Waals surface area contributed by atoms with Crippen LogP contribution in [0, 0.1) is 0 Å². The molecule has 0 fully saturated rings. The van der Waals surface area contributed by atoms with Gasteiger partial charge in [-0.2, -0.15) is 0 Å². The molecule has 4 nitrogen and oxygen atoms in total. The van der Waals surface area contributed by atoms with E-state index in [1.54, 1.807) is 12.2 Å². The Kier molecular flexibility index (Phi) is 8.81. The van der Waals surface area contributed by atoms with Crippen molar-refractivity contribution >= 4 is 24.0 Å². The second-order valence-electron chi connectivity index (χ2n) is 10.6. The lowest BCUT2D eigenvalue weighted by Gasteiger charge is -2.18. The highest BCUT2D eigenvalue weighted by molar-refractivity contribution is 5.93. The van der Waals surface area contributed by atoms with Crippen LogP contribution in [-0.4, -0.2) is 24.4 Å². The summed E-state index contributed by atoms with van der Waals surface area (Å²) < 4.78 is 0. The van der Waals surface area contributed by atoms with Crippen LogP contribution in [0.2, 0.25) is 0 Å². The Balaban J connectivity index is 1.78. The summed E-state index contributed by atoms with van der Waals surface area (Å²) in [4.78, 5) is 24.3. The Bertz CT molecular complexity index is 986. The summed E-state index contributed by atoms with van der Waals surface area (Å²) in [5, 5.41) is 5.69. The molecule has 0 aliphatic heterocycles. The zero-order valence-corrected chi connectivity index (χ0v) is 21.0. The maximum Gasteiger partial charge on any atom is 0.244 e. The van der Waals surface area contributed by atoms with Crippen molar-refractivity contribution in [3.63, 3.8) is 0 Å². The predicted octanol–water partition coefficient (Wildman–Crippen LogP) is 5.63. The average molecular weight is 447 g/mol. The van der Waals surface area contributed by atoms with Gasteiger partial charge < -0.3 is 10.6 Å². The van der Waals surface area contributed by atoms with Gasteiger partial charge in [-0.15, -0.1) is 0 Å². The predicted molar refractivity (Wildman–Crippen MR) is 139 cm³/mol. The summed E-state index contributed by atoms with van der Waals surface area (Å²) in [6.07, 6.45) is 6.62. The second kappa shape index (κ2) is 11.1. The maximum absolute atomic E-state index is 12.2. The number of rotatable bonds is 7. The number of carbonyl (C=O) groups excluding carboxylic acids is 2. The van der Waals surface area contributed by atoms with Crippen LogP contribution in [0.1, 0.15) is 70.7 Å². The van der Waals surface area contributed by atoms with Crippen LogP contribution in [0.3, 0.4) is 0 Å². The molecule has 2 aromatic rings. The Morgan fingerprint density at radius 2 is 1.12 bits per heavy atom. The van der Waals surface area contributed by atoms with Crippen LogP contribution in [-0.2, 0) is 20.4 Å². The highest BCUT2D eigenvalue weighted by Crippen LogP contribution is 2.23. The Labute approximate surface area is 199 Å². The van der Waals surface area contributed by atoms with E-state index < -0.39 is 0 Å². The Hall–Kier alpha value is -3.14. The van der Waals surface area contributed by atoms with E-state index in [0.29, 0.717) is 6.54 Å². The van der Waals surface area contributed by atoms with E-state index in [1.807, 2.05) is 31.2 Å². The van der Waals surface area contributed by atoms with Crippen molar-refractivity contribution in [1.82, 2.24) is 10.6 Å². The number of nitrogens with one attached hydrogen (secondary N) is 2. The summed E-state index contributed by atoms with van der Waals surface area (Å²) in [7, 11) is 0. The van der Waals surface area contributed by atoms with E-state index in [0.717, 1.165) is 11.1 Å². The zero-order chi connectivity index (χ0) is 24.6. The monoisotopic (exact) mass is 446 g/mol. The average Bonchev–Trinajstić information content (AvgIpc) is 2.74. The summed E-state index contributed by atoms with van der Waals surface area (Å²) in [5.41, 5.74) is 4.66. The lowest BCUT2D eigenvalue weighted by Crippen LogP contribution is -2.40. The van der Waals surface area contributed by atoms with Crippen molar-refractivity contribution in [2.24, 2.45) is 0 Å². The van der Waals surface area contributed by atoms with Crippen LogP contribution in [0.25, 0.3) is 12.2 Å². The number of benzene rings is 2. The van der Waals surface area contributed by atoms with Crippen LogP contribution in [0.4, 0.5) is 0 Å². The SMILES string of the molecule is C[C@H](CNC(=O)/C=C/c1ccc(C(C)(C)C)cc1)NC(=O)/C=C/c1ccc(C(C)(C)C)cc1. The highest BCUT2D eigenvalue weighted by Gasteiger charge is 2.13. The number of hydrogen-bond donors (Lipinski definition) is 2. The molecular weight excluding hydrogens is 408 g/mol. The first kappa shape index (κ1) is 26.1. The van der Waals surface area contributed by atoms with Gasteiger partial charge in [-0.3, -0.25) is 9.59 Å². The third-order valence-electron chi connectivity index (χ3n) is 5.38. The fraction of sp³-hybridized carbons (Fsp3) is 0.379. The molecule has 0 aliphatic rings. The first-order valence-electron chi connectivity index (χ1n) is 11.5. The molecule has 0 unspecified atom stereocenters. The molecule has 0 aliphatic carbocycles. The number of amides is 2. The van der Waals surface area contributed by atoms with Crippen molar-refractivity contribution in [3.8, 4) is 0 Å². The molecule has 0 spiro atoms. The maximum atomic E-state index is 12.2. The summed E-state index contributed by atoms with van der Waals surface area (Å²) in [6.45, 7) is 15.2. The lowest BCUT2D eigenvalue weighted by molar-refractivity contribution is -0.118. The molecule has 0 saturated carbocycles. The van der Waals surface area contributed by atoms with Gasteiger partial charge in [0.2, 0.25) is 11.8 Å². The van der Waals surface area contributed by atoms with E-state index >= 15 is 0 Å². The number of carbonyl (C=O) groups is 2. The van der Waals surface area contributed by atoms with Crippen LogP contribution >= 0.6 is 0 Å². The van der Waals surface area contributed by atoms with Crippen molar-refractivity contribution in [2.45, 2.75) is 65.3 Å². The molecule has 0 aromatic heterocycles. The van der Waals surface area contributed by atoms with E-state index in [9.17, 15) is 9.59 Å². The van der Waals surface area contributed by atoms with E-state index in [4.69, 9.17) is 0 Å². The van der Waals surface area contributed by atoms with Gasteiger partial charge in [0, 0.05) is 24.7 Å². The molecule has 0 bridgehead atoms. The highest BCUT2D eigenvalue weighted by atomic mass is 16.2. The molecule has 176 valence electrons. The van der Waals surface area contributed by atoms with Crippen LogP contribution < -0.4 is 10.6 Å². The molecule has 2 N–H and O–H groups in total. The van der Waals surface area contributed by atoms with Crippen LogP contribution in [0.5, 0.6) is 0 Å². The normalized spacial score (nSPS) is 13.3. The first-order valence-corrected chi connectivity index (χ1v) is 11.5. The third-order valence-corrected chi connectivity index (χ3v) is 5.38. The summed E-state index contributed by atoms with van der Waals surface area (Å²) in [5.74, 6) is -0.378. The smallest absolute Gasteiger partial charge is 0.244 e. The minimum atomic E-state index is -0.189. The quantitative estimate of drug-likeness (QED) is 0.542. The fourth-order valence-corrected chi connectivity index (χ4v) is 3.19. The second-order valence-corrected chi connectivity index (χ2v) is 10.6. The topological polar surface area (TPSA) is 58.2 Å². The molecule has 1 atom stereocenters. The van der Waals surface area contributed by atoms with Gasteiger partial charge in [0.1, 0.15) is 0 Å². The van der Waals surface area contributed by atoms with Crippen molar-refractivity contribution in [2.75, 3.05) is 6.54 Å². The van der Waals surface area contributed by atoms with Gasteiger partial charge in [0.15, 0.2) is 0 Å². The molecule has 33 heavy (non-hydrogen) atoms. The molecule has 0 heterocycles. The summed E-state index contributed by atoms with van der Waals surface area (Å²) in [6, 6.07) is 16.2. The van der Waals surface area contributed by atoms with Gasteiger partial charge in [-0.05, 0) is 52.2 Å². The number of hydrogen-bond acceptors (Lipinski definition) is 2. The van der Waals surface area contributed by atoms with Crippen molar-refractivity contribution in [3.05, 3.63) is 82.9 Å². The zero-order valence-electron chi connectivity index (χ0n) is 21.0. The van der Waals surface area contributed by atoms with Crippen molar-refractivity contribution < 1.29 is 9.59 Å². The van der Waals surface area contributed by atoms with Gasteiger partial charge in [0.05, 0.1) is 0 Å². The minimum absolute atomic E-state index is 0.103. The van der Waals surface area contributed by atoms with Gasteiger partial charge >= 0.3 is 0 Å². The molecule has 2 rings (SSSR count). The Morgan fingerprint density at radius 3 is 1.52 bits per heavy atom. The standard InChI is InChI=1S/C29H38N2O2/c1-21(31-27(33)19-13-23-10-16-25(17-11-23)29(5,6)7)20-30-26(32)18-12-22-8-14-24(15-9-22)28(2,3)4/h8-19,21H,20H2,1-7H3,(H,30,32)(H,31,33)/b18-12+,19-13+/t21-/m1/s1. The molecular formula is C29H38N2O2. The largest absolute Gasteiger partial charge is 0.351 e. The van der Waals surface area contributed by atoms with Gasteiger partial charge in [-0.25, -0.2) is 0 Å². The van der Waals surface area contributed by atoms with E-state index in [2.05, 4.69) is 76.4 Å². The van der Waals surface area contributed by atoms with Crippen molar-refractivity contribution in [1.29, 1.82) is 0 Å². The molecule has 4 heteroatoms. The summed E-state index contributed by atoms with van der Waals surface area (Å²) >= 11 is 0. The van der Waals surface area contributed by atoms with Gasteiger partial charge in [0.25, 0.3) is 0 Å². The molecule has 0 saturated heterocycles. The molecule has 2 amide bonds. The van der Waals surface area contributed by atoms with Gasteiger partial charge in [-0.1, -0.05) is 90.1 Å². The lowest BCUT2D eigenvalue weighted by atomic mass is 9.87. The van der Waals surface area contributed by atoms with E-state index in [1.165, 1.54) is 23.3 Å².